The lowest BCUT2D eigenvalue weighted by Gasteiger charge is -2.04. The van der Waals surface area contributed by atoms with Crippen LogP contribution in [0.1, 0.15) is 11.5 Å². The second-order valence-corrected chi connectivity index (χ2v) is 4.52. The largest absolute Gasteiger partial charge is 0.399 e. The molecule has 2 N–H and O–H groups in total. The van der Waals surface area contributed by atoms with Gasteiger partial charge < -0.3 is 5.73 Å². The van der Waals surface area contributed by atoms with Crippen LogP contribution < -0.4 is 5.73 Å². The topological polar surface area (TPSA) is 61.7 Å². The minimum absolute atomic E-state index is 0.732. The first kappa shape index (κ1) is 10.8. The summed E-state index contributed by atoms with van der Waals surface area (Å²) in [7, 11) is 1.92. The molecule has 3 aromatic rings. The lowest BCUT2D eigenvalue weighted by atomic mass is 10.2. The van der Waals surface area contributed by atoms with Crippen LogP contribution in [0.25, 0.3) is 16.7 Å². The van der Waals surface area contributed by atoms with Crippen molar-refractivity contribution < 1.29 is 0 Å². The Kier molecular flexibility index (Phi) is 2.16. The van der Waals surface area contributed by atoms with Crippen LogP contribution in [0.15, 0.2) is 24.4 Å². The molecular formula is C13H15N5. The normalized spacial score (nSPS) is 11.3. The molecule has 1 aromatic carbocycles. The molecule has 0 saturated heterocycles. The number of nitrogens with two attached hydrogens (primary N) is 1. The summed E-state index contributed by atoms with van der Waals surface area (Å²) in [6.07, 6.45) is 2.00. The zero-order chi connectivity index (χ0) is 12.9. The summed E-state index contributed by atoms with van der Waals surface area (Å²) in [4.78, 5) is 4.55. The minimum Gasteiger partial charge on any atom is -0.399 e. The predicted octanol–water partition coefficient (Wildman–Crippen LogP) is 1.96. The molecule has 2 aromatic heterocycles. The molecule has 0 atom stereocenters. The van der Waals surface area contributed by atoms with Gasteiger partial charge in [0.1, 0.15) is 5.82 Å². The molecule has 0 saturated carbocycles. The molecule has 0 amide bonds. The number of fused-ring (bicyclic) bond motifs is 1. The smallest absolute Gasteiger partial charge is 0.111 e. The van der Waals surface area contributed by atoms with Crippen molar-refractivity contribution in [1.82, 2.24) is 19.3 Å². The fraction of sp³-hybridized carbons (Fsp3) is 0.231. The molecule has 0 aliphatic rings. The van der Waals surface area contributed by atoms with Crippen LogP contribution in [0.3, 0.4) is 0 Å². The zero-order valence-corrected chi connectivity index (χ0v) is 10.7. The molecule has 0 aliphatic carbocycles. The summed E-state index contributed by atoms with van der Waals surface area (Å²) < 4.78 is 3.92. The van der Waals surface area contributed by atoms with Gasteiger partial charge in [-0.1, -0.05) is 0 Å². The van der Waals surface area contributed by atoms with Crippen LogP contribution in [0.5, 0.6) is 0 Å². The summed E-state index contributed by atoms with van der Waals surface area (Å²) in [5, 5.41) is 4.38. The molecule has 3 rings (SSSR count). The Labute approximate surface area is 105 Å². The molecule has 2 heterocycles. The SMILES string of the molecule is Cc1nn(C)cc1-n1c(C)nc2cc(N)ccc21. The van der Waals surface area contributed by atoms with Crippen LogP contribution in [0.2, 0.25) is 0 Å². The Balaban J connectivity index is 2.35. The Hall–Kier alpha value is -2.30. The van der Waals surface area contributed by atoms with Gasteiger partial charge in [-0.2, -0.15) is 5.10 Å². The van der Waals surface area contributed by atoms with Gasteiger partial charge in [-0.25, -0.2) is 4.98 Å². The summed E-state index contributed by atoms with van der Waals surface area (Å²) in [5.74, 6) is 0.937. The van der Waals surface area contributed by atoms with E-state index in [4.69, 9.17) is 5.73 Å². The standard InChI is InChI=1S/C13H15N5/c1-8-13(7-17(3)16-8)18-9(2)15-11-6-10(14)4-5-12(11)18/h4-7H,14H2,1-3H3. The fourth-order valence-corrected chi connectivity index (χ4v) is 2.33. The second-order valence-electron chi connectivity index (χ2n) is 4.52. The molecule has 5 nitrogen and oxygen atoms in total. The first-order chi connectivity index (χ1) is 8.56. The average Bonchev–Trinajstić information content (AvgIpc) is 2.77. The summed E-state index contributed by atoms with van der Waals surface area (Å²) in [6.45, 7) is 3.99. The Bertz CT molecular complexity index is 735. The van der Waals surface area contributed by atoms with Gasteiger partial charge in [0, 0.05) is 18.9 Å². The molecule has 0 bridgehead atoms. The van der Waals surface area contributed by atoms with Crippen LogP contribution in [0.4, 0.5) is 5.69 Å². The maximum atomic E-state index is 5.79. The molecule has 5 heteroatoms. The summed E-state index contributed by atoms with van der Waals surface area (Å²) >= 11 is 0. The van der Waals surface area contributed by atoms with Crippen molar-refractivity contribution in [3.63, 3.8) is 0 Å². The zero-order valence-electron chi connectivity index (χ0n) is 10.7. The van der Waals surface area contributed by atoms with Crippen LogP contribution in [-0.2, 0) is 7.05 Å². The third-order valence-corrected chi connectivity index (χ3v) is 3.07. The highest BCUT2D eigenvalue weighted by Crippen LogP contribution is 2.24. The van der Waals surface area contributed by atoms with Crippen molar-refractivity contribution in [1.29, 1.82) is 0 Å². The second kappa shape index (κ2) is 3.60. The van der Waals surface area contributed by atoms with Crippen LogP contribution >= 0.6 is 0 Å². The van der Waals surface area contributed by atoms with E-state index >= 15 is 0 Å². The van der Waals surface area contributed by atoms with Gasteiger partial charge in [-0.3, -0.25) is 9.25 Å². The van der Waals surface area contributed by atoms with Gasteiger partial charge >= 0.3 is 0 Å². The number of nitrogens with zero attached hydrogens (tertiary/aromatic N) is 4. The monoisotopic (exact) mass is 241 g/mol. The molecule has 0 spiro atoms. The molecule has 0 aliphatic heterocycles. The number of rotatable bonds is 1. The van der Waals surface area contributed by atoms with E-state index in [0.29, 0.717) is 0 Å². The highest BCUT2D eigenvalue weighted by Gasteiger charge is 2.13. The Morgan fingerprint density at radius 3 is 2.67 bits per heavy atom. The van der Waals surface area contributed by atoms with Gasteiger partial charge in [-0.05, 0) is 32.0 Å². The maximum absolute atomic E-state index is 5.79. The Morgan fingerprint density at radius 1 is 1.22 bits per heavy atom. The van der Waals surface area contributed by atoms with Crippen molar-refractivity contribution in [2.75, 3.05) is 5.73 Å². The highest BCUT2D eigenvalue weighted by atomic mass is 15.3. The van der Waals surface area contributed by atoms with E-state index in [0.717, 1.165) is 33.9 Å². The van der Waals surface area contributed by atoms with Crippen LogP contribution in [-0.4, -0.2) is 19.3 Å². The number of aromatic nitrogens is 4. The number of nitrogen functional groups attached to an aromatic ring is 1. The molecule has 0 unspecified atom stereocenters. The quantitative estimate of drug-likeness (QED) is 0.662. The van der Waals surface area contributed by atoms with Gasteiger partial charge in [0.15, 0.2) is 0 Å². The molecule has 0 fully saturated rings. The lowest BCUT2D eigenvalue weighted by molar-refractivity contribution is 0.756. The number of hydrogen-bond acceptors (Lipinski definition) is 3. The predicted molar refractivity (Wildman–Crippen MR) is 71.7 cm³/mol. The fourth-order valence-electron chi connectivity index (χ4n) is 2.33. The van der Waals surface area contributed by atoms with E-state index in [2.05, 4.69) is 14.6 Å². The number of benzene rings is 1. The number of hydrogen-bond donors (Lipinski definition) is 1. The third kappa shape index (κ3) is 1.48. The van der Waals surface area contributed by atoms with Gasteiger partial charge in [-0.15, -0.1) is 0 Å². The molecule has 0 radical (unpaired) electrons. The molecule has 92 valence electrons. The first-order valence-corrected chi connectivity index (χ1v) is 5.81. The van der Waals surface area contributed by atoms with Crippen LogP contribution in [0, 0.1) is 13.8 Å². The van der Waals surface area contributed by atoms with Crippen molar-refractivity contribution in [2.24, 2.45) is 7.05 Å². The average molecular weight is 241 g/mol. The molecule has 18 heavy (non-hydrogen) atoms. The number of aryl methyl sites for hydroxylation is 3. The first-order valence-electron chi connectivity index (χ1n) is 5.81. The highest BCUT2D eigenvalue weighted by molar-refractivity contribution is 5.81. The number of imidazole rings is 1. The van der Waals surface area contributed by atoms with E-state index < -0.39 is 0 Å². The van der Waals surface area contributed by atoms with E-state index in [9.17, 15) is 0 Å². The van der Waals surface area contributed by atoms with Crippen molar-refractivity contribution in [2.45, 2.75) is 13.8 Å². The number of anilines is 1. The summed E-state index contributed by atoms with van der Waals surface area (Å²) in [6, 6.07) is 5.79. The van der Waals surface area contributed by atoms with E-state index in [1.807, 2.05) is 50.0 Å². The van der Waals surface area contributed by atoms with E-state index in [1.165, 1.54) is 0 Å². The van der Waals surface area contributed by atoms with Crippen molar-refractivity contribution in [3.05, 3.63) is 35.9 Å². The van der Waals surface area contributed by atoms with E-state index in [-0.39, 0.29) is 0 Å². The third-order valence-electron chi connectivity index (χ3n) is 3.07. The van der Waals surface area contributed by atoms with Crippen molar-refractivity contribution in [3.8, 4) is 5.69 Å². The maximum Gasteiger partial charge on any atom is 0.111 e. The van der Waals surface area contributed by atoms with Gasteiger partial charge in [0.25, 0.3) is 0 Å². The van der Waals surface area contributed by atoms with Crippen molar-refractivity contribution >= 4 is 16.7 Å². The summed E-state index contributed by atoms with van der Waals surface area (Å²) in [5.41, 5.74) is 10.5. The molecular weight excluding hydrogens is 226 g/mol. The lowest BCUT2D eigenvalue weighted by Crippen LogP contribution is -1.97. The van der Waals surface area contributed by atoms with Gasteiger partial charge in [0.2, 0.25) is 0 Å². The van der Waals surface area contributed by atoms with Gasteiger partial charge in [0.05, 0.1) is 22.4 Å². The minimum atomic E-state index is 0.732. The van der Waals surface area contributed by atoms with E-state index in [1.54, 1.807) is 0 Å². The Morgan fingerprint density at radius 2 is 2.00 bits per heavy atom.